The quantitative estimate of drug-likeness (QED) is 0.789. The maximum Gasteiger partial charge on any atom is 0.123 e. The Hall–Kier alpha value is -1.06. The van der Waals surface area contributed by atoms with Crippen molar-refractivity contribution in [1.29, 1.82) is 0 Å². The first kappa shape index (κ1) is 17.0. The molecule has 0 radical (unpaired) electrons. The molecule has 0 unspecified atom stereocenters. The summed E-state index contributed by atoms with van der Waals surface area (Å²) in [4.78, 5) is 2.37. The Kier molecular flexibility index (Phi) is 7.03. The molecule has 1 aromatic carbocycles. The van der Waals surface area contributed by atoms with E-state index in [1.165, 1.54) is 5.56 Å². The van der Waals surface area contributed by atoms with E-state index >= 15 is 0 Å². The Morgan fingerprint density at radius 3 is 2.35 bits per heavy atom. The molecule has 0 heterocycles. The van der Waals surface area contributed by atoms with Crippen molar-refractivity contribution in [3.63, 3.8) is 0 Å². The molecule has 0 amide bonds. The lowest BCUT2D eigenvalue weighted by Gasteiger charge is -2.22. The van der Waals surface area contributed by atoms with Crippen molar-refractivity contribution in [1.82, 2.24) is 10.2 Å². The minimum Gasteiger partial charge on any atom is -0.492 e. The van der Waals surface area contributed by atoms with Crippen LogP contribution in [0.25, 0.3) is 0 Å². The lowest BCUT2D eigenvalue weighted by Crippen LogP contribution is -2.35. The molecule has 0 bridgehead atoms. The molecule has 20 heavy (non-hydrogen) atoms. The van der Waals surface area contributed by atoms with E-state index in [1.807, 2.05) is 6.07 Å². The van der Waals surface area contributed by atoms with Gasteiger partial charge in [-0.3, -0.25) is 0 Å². The SMILES string of the molecule is CCN(CC)CCOc1ccccc1CNC(C)(C)C. The Balaban J connectivity index is 2.53. The van der Waals surface area contributed by atoms with Gasteiger partial charge in [0.2, 0.25) is 0 Å². The molecule has 0 aromatic heterocycles. The number of hydrogen-bond acceptors (Lipinski definition) is 3. The van der Waals surface area contributed by atoms with Crippen molar-refractivity contribution in [2.75, 3.05) is 26.2 Å². The zero-order valence-electron chi connectivity index (χ0n) is 13.7. The molecule has 0 saturated heterocycles. The highest BCUT2D eigenvalue weighted by atomic mass is 16.5. The summed E-state index contributed by atoms with van der Waals surface area (Å²) in [6.07, 6.45) is 0. The predicted molar refractivity (Wildman–Crippen MR) is 86.3 cm³/mol. The van der Waals surface area contributed by atoms with Crippen LogP contribution in [0.3, 0.4) is 0 Å². The lowest BCUT2D eigenvalue weighted by atomic mass is 10.1. The van der Waals surface area contributed by atoms with E-state index in [9.17, 15) is 0 Å². The first-order chi connectivity index (χ1) is 9.46. The van der Waals surface area contributed by atoms with Crippen molar-refractivity contribution in [3.05, 3.63) is 29.8 Å². The minimum atomic E-state index is 0.119. The second kappa shape index (κ2) is 8.28. The summed E-state index contributed by atoms with van der Waals surface area (Å²) in [6, 6.07) is 8.29. The Labute approximate surface area is 124 Å². The van der Waals surface area contributed by atoms with Crippen LogP contribution in [0.2, 0.25) is 0 Å². The molecule has 3 nitrogen and oxygen atoms in total. The number of nitrogens with zero attached hydrogens (tertiary/aromatic N) is 1. The normalized spacial score (nSPS) is 11.9. The molecule has 0 aliphatic carbocycles. The third-order valence-electron chi connectivity index (χ3n) is 3.34. The summed E-state index contributed by atoms with van der Waals surface area (Å²) >= 11 is 0. The summed E-state index contributed by atoms with van der Waals surface area (Å²) in [5, 5.41) is 3.51. The molecule has 0 aliphatic rings. The average Bonchev–Trinajstić information content (AvgIpc) is 2.41. The first-order valence-corrected chi connectivity index (χ1v) is 7.64. The van der Waals surface area contributed by atoms with Gasteiger partial charge in [0.05, 0.1) is 0 Å². The fourth-order valence-corrected chi connectivity index (χ4v) is 1.98. The molecule has 114 valence electrons. The van der Waals surface area contributed by atoms with E-state index in [0.29, 0.717) is 0 Å². The molecule has 3 heteroatoms. The van der Waals surface area contributed by atoms with Gasteiger partial charge in [0, 0.05) is 24.2 Å². The summed E-state index contributed by atoms with van der Waals surface area (Å²) in [7, 11) is 0. The van der Waals surface area contributed by atoms with Gasteiger partial charge in [-0.2, -0.15) is 0 Å². The van der Waals surface area contributed by atoms with Gasteiger partial charge in [0.1, 0.15) is 12.4 Å². The molecular formula is C17H30N2O. The monoisotopic (exact) mass is 278 g/mol. The van der Waals surface area contributed by atoms with E-state index in [2.05, 4.69) is 63.0 Å². The van der Waals surface area contributed by atoms with Gasteiger partial charge in [-0.05, 0) is 39.9 Å². The molecule has 1 N–H and O–H groups in total. The fourth-order valence-electron chi connectivity index (χ4n) is 1.98. The van der Waals surface area contributed by atoms with Gasteiger partial charge in [0.25, 0.3) is 0 Å². The zero-order valence-corrected chi connectivity index (χ0v) is 13.7. The highest BCUT2D eigenvalue weighted by molar-refractivity contribution is 5.33. The van der Waals surface area contributed by atoms with Gasteiger partial charge in [0.15, 0.2) is 0 Å². The summed E-state index contributed by atoms with van der Waals surface area (Å²) in [5.41, 5.74) is 1.34. The third kappa shape index (κ3) is 6.40. The maximum absolute atomic E-state index is 5.95. The van der Waals surface area contributed by atoms with Crippen LogP contribution >= 0.6 is 0 Å². The molecular weight excluding hydrogens is 248 g/mol. The van der Waals surface area contributed by atoms with E-state index in [-0.39, 0.29) is 5.54 Å². The third-order valence-corrected chi connectivity index (χ3v) is 3.34. The molecule has 1 aromatic rings. The van der Waals surface area contributed by atoms with E-state index in [0.717, 1.165) is 38.5 Å². The summed E-state index contributed by atoms with van der Waals surface area (Å²) < 4.78 is 5.95. The fraction of sp³-hybridized carbons (Fsp3) is 0.647. The molecule has 0 atom stereocenters. The minimum absolute atomic E-state index is 0.119. The number of hydrogen-bond donors (Lipinski definition) is 1. The number of benzene rings is 1. The van der Waals surface area contributed by atoms with E-state index in [4.69, 9.17) is 4.74 Å². The lowest BCUT2D eigenvalue weighted by molar-refractivity contribution is 0.221. The van der Waals surface area contributed by atoms with Gasteiger partial charge in [-0.1, -0.05) is 32.0 Å². The van der Waals surface area contributed by atoms with Crippen LogP contribution in [0.1, 0.15) is 40.2 Å². The molecule has 0 fully saturated rings. The van der Waals surface area contributed by atoms with Crippen molar-refractivity contribution in [3.8, 4) is 5.75 Å². The van der Waals surface area contributed by atoms with E-state index < -0.39 is 0 Å². The zero-order chi connectivity index (χ0) is 15.0. The molecule has 0 aliphatic heterocycles. The number of rotatable bonds is 8. The Morgan fingerprint density at radius 1 is 1.10 bits per heavy atom. The largest absolute Gasteiger partial charge is 0.492 e. The van der Waals surface area contributed by atoms with Crippen molar-refractivity contribution < 1.29 is 4.74 Å². The van der Waals surface area contributed by atoms with Crippen molar-refractivity contribution in [2.45, 2.75) is 46.7 Å². The van der Waals surface area contributed by atoms with Crippen LogP contribution in [-0.2, 0) is 6.54 Å². The second-order valence-electron chi connectivity index (χ2n) is 6.09. The van der Waals surface area contributed by atoms with Gasteiger partial charge in [-0.25, -0.2) is 0 Å². The number of likely N-dealkylation sites (N-methyl/N-ethyl adjacent to an activating group) is 1. The van der Waals surface area contributed by atoms with Crippen LogP contribution in [0.4, 0.5) is 0 Å². The summed E-state index contributed by atoms with van der Waals surface area (Å²) in [5.74, 6) is 0.997. The van der Waals surface area contributed by atoms with Crippen molar-refractivity contribution in [2.24, 2.45) is 0 Å². The predicted octanol–water partition coefficient (Wildman–Crippen LogP) is 3.30. The topological polar surface area (TPSA) is 24.5 Å². The first-order valence-electron chi connectivity index (χ1n) is 7.64. The van der Waals surface area contributed by atoms with Crippen LogP contribution in [0, 0.1) is 0 Å². The molecule has 0 spiro atoms. The number of para-hydroxylation sites is 1. The van der Waals surface area contributed by atoms with Crippen LogP contribution in [-0.4, -0.2) is 36.7 Å². The summed E-state index contributed by atoms with van der Waals surface area (Å²) in [6.45, 7) is 15.6. The van der Waals surface area contributed by atoms with E-state index in [1.54, 1.807) is 0 Å². The van der Waals surface area contributed by atoms with Crippen LogP contribution < -0.4 is 10.1 Å². The molecule has 0 saturated carbocycles. The highest BCUT2D eigenvalue weighted by Gasteiger charge is 2.10. The number of ether oxygens (including phenoxy) is 1. The van der Waals surface area contributed by atoms with Crippen LogP contribution in [0.5, 0.6) is 5.75 Å². The Bertz CT molecular complexity index is 381. The standard InChI is InChI=1S/C17H30N2O/c1-6-19(7-2)12-13-20-16-11-9-8-10-15(16)14-18-17(3,4)5/h8-11,18H,6-7,12-14H2,1-5H3. The smallest absolute Gasteiger partial charge is 0.123 e. The second-order valence-corrected chi connectivity index (χ2v) is 6.09. The molecule has 1 rings (SSSR count). The average molecular weight is 278 g/mol. The maximum atomic E-state index is 5.95. The van der Waals surface area contributed by atoms with Crippen LogP contribution in [0.15, 0.2) is 24.3 Å². The van der Waals surface area contributed by atoms with Gasteiger partial charge >= 0.3 is 0 Å². The van der Waals surface area contributed by atoms with Gasteiger partial charge < -0.3 is 15.0 Å². The Morgan fingerprint density at radius 2 is 1.75 bits per heavy atom. The van der Waals surface area contributed by atoms with Crippen molar-refractivity contribution >= 4 is 0 Å². The van der Waals surface area contributed by atoms with Gasteiger partial charge in [-0.15, -0.1) is 0 Å². The number of nitrogens with one attached hydrogen (secondary N) is 1. The highest BCUT2D eigenvalue weighted by Crippen LogP contribution is 2.18.